The van der Waals surface area contributed by atoms with Gasteiger partial charge in [0.1, 0.15) is 5.76 Å². The summed E-state index contributed by atoms with van der Waals surface area (Å²) in [6, 6.07) is 10.9. The summed E-state index contributed by atoms with van der Waals surface area (Å²) in [4.78, 5) is 11.8. The number of halogens is 1. The van der Waals surface area contributed by atoms with E-state index in [-0.39, 0.29) is 5.78 Å². The Morgan fingerprint density at radius 1 is 1.11 bits per heavy atom. The number of carbonyl (C=O) groups is 1. The van der Waals surface area contributed by atoms with Gasteiger partial charge in [-0.2, -0.15) is 0 Å². The molecular formula is C15H11BrO2. The summed E-state index contributed by atoms with van der Waals surface area (Å²) >= 11 is 3.33. The first kappa shape index (κ1) is 12.6. The fourth-order valence-electron chi connectivity index (χ4n) is 1.39. The molecule has 0 aliphatic carbocycles. The van der Waals surface area contributed by atoms with E-state index in [1.807, 2.05) is 24.3 Å². The fraction of sp³-hybridized carbons (Fsp3) is 0. The van der Waals surface area contributed by atoms with E-state index in [2.05, 4.69) is 15.9 Å². The van der Waals surface area contributed by atoms with E-state index in [1.54, 1.807) is 36.6 Å². The van der Waals surface area contributed by atoms with Gasteiger partial charge in [-0.05, 0) is 48.6 Å². The lowest BCUT2D eigenvalue weighted by atomic mass is 10.1. The minimum Gasteiger partial charge on any atom is -0.465 e. The van der Waals surface area contributed by atoms with Crippen molar-refractivity contribution >= 4 is 27.8 Å². The van der Waals surface area contributed by atoms with Crippen molar-refractivity contribution in [3.05, 3.63) is 76.7 Å². The molecule has 2 aromatic rings. The lowest BCUT2D eigenvalue weighted by Crippen LogP contribution is -1.92. The van der Waals surface area contributed by atoms with Gasteiger partial charge in [-0.3, -0.25) is 4.79 Å². The van der Waals surface area contributed by atoms with Crippen molar-refractivity contribution in [3.63, 3.8) is 0 Å². The molecular weight excluding hydrogens is 292 g/mol. The molecule has 1 heterocycles. The maximum Gasteiger partial charge on any atom is 0.185 e. The molecule has 0 aliphatic heterocycles. The van der Waals surface area contributed by atoms with Gasteiger partial charge in [0.05, 0.1) is 6.26 Å². The largest absolute Gasteiger partial charge is 0.465 e. The molecule has 0 fully saturated rings. The van der Waals surface area contributed by atoms with E-state index in [4.69, 9.17) is 4.42 Å². The SMILES string of the molecule is O=C(/C=C/C=C/c1ccco1)c1ccc(Br)cc1. The summed E-state index contributed by atoms with van der Waals surface area (Å²) in [5.41, 5.74) is 0.667. The van der Waals surface area contributed by atoms with Crippen LogP contribution in [0.1, 0.15) is 16.1 Å². The molecule has 0 atom stereocenters. The maximum atomic E-state index is 11.8. The second kappa shape index (κ2) is 6.17. The molecule has 2 nitrogen and oxygen atoms in total. The van der Waals surface area contributed by atoms with E-state index >= 15 is 0 Å². The molecule has 0 radical (unpaired) electrons. The van der Waals surface area contributed by atoms with Gasteiger partial charge in [0, 0.05) is 10.0 Å². The first-order valence-electron chi connectivity index (χ1n) is 5.44. The summed E-state index contributed by atoms with van der Waals surface area (Å²) in [6.07, 6.45) is 8.41. The molecule has 1 aromatic carbocycles. The standard InChI is InChI=1S/C15H11BrO2/c16-13-9-7-12(8-10-13)15(17)6-2-1-4-14-5-3-11-18-14/h1-11H/b4-1+,6-2+. The van der Waals surface area contributed by atoms with Crippen LogP contribution in [0.25, 0.3) is 6.08 Å². The Balaban J connectivity index is 1.97. The van der Waals surface area contributed by atoms with Crippen molar-refractivity contribution in [3.8, 4) is 0 Å². The summed E-state index contributed by atoms with van der Waals surface area (Å²) in [5.74, 6) is 0.738. The second-order valence-corrected chi connectivity index (χ2v) is 4.52. The zero-order chi connectivity index (χ0) is 12.8. The van der Waals surface area contributed by atoms with Crippen LogP contribution in [0.4, 0.5) is 0 Å². The van der Waals surface area contributed by atoms with Crippen LogP contribution < -0.4 is 0 Å². The number of carbonyl (C=O) groups excluding carboxylic acids is 1. The van der Waals surface area contributed by atoms with Crippen molar-refractivity contribution in [2.75, 3.05) is 0 Å². The number of benzene rings is 1. The Morgan fingerprint density at radius 2 is 1.89 bits per heavy atom. The second-order valence-electron chi connectivity index (χ2n) is 3.60. The van der Waals surface area contributed by atoms with Crippen molar-refractivity contribution in [2.45, 2.75) is 0 Å². The number of furan rings is 1. The molecule has 0 unspecified atom stereocenters. The zero-order valence-electron chi connectivity index (χ0n) is 9.55. The van der Waals surface area contributed by atoms with Gasteiger partial charge in [-0.1, -0.05) is 28.1 Å². The first-order valence-corrected chi connectivity index (χ1v) is 6.23. The third-order valence-electron chi connectivity index (χ3n) is 2.29. The molecule has 0 amide bonds. The number of hydrogen-bond acceptors (Lipinski definition) is 2. The molecule has 90 valence electrons. The van der Waals surface area contributed by atoms with Gasteiger partial charge in [0.15, 0.2) is 5.78 Å². The highest BCUT2D eigenvalue weighted by Crippen LogP contribution is 2.11. The van der Waals surface area contributed by atoms with Gasteiger partial charge in [0.25, 0.3) is 0 Å². The van der Waals surface area contributed by atoms with Crippen molar-refractivity contribution in [1.29, 1.82) is 0 Å². The van der Waals surface area contributed by atoms with Gasteiger partial charge in [-0.25, -0.2) is 0 Å². The molecule has 0 spiro atoms. The first-order chi connectivity index (χ1) is 8.75. The Morgan fingerprint density at radius 3 is 2.56 bits per heavy atom. The minimum absolute atomic E-state index is 0.0217. The molecule has 2 rings (SSSR count). The summed E-state index contributed by atoms with van der Waals surface area (Å²) in [6.45, 7) is 0. The van der Waals surface area contributed by atoms with Gasteiger partial charge >= 0.3 is 0 Å². The predicted octanol–water partition coefficient (Wildman–Crippen LogP) is 4.49. The van der Waals surface area contributed by atoms with Crippen molar-refractivity contribution < 1.29 is 9.21 Å². The molecule has 0 saturated heterocycles. The Labute approximate surface area is 114 Å². The third-order valence-corrected chi connectivity index (χ3v) is 2.82. The molecule has 1 aromatic heterocycles. The van der Waals surface area contributed by atoms with Crippen LogP contribution in [0.3, 0.4) is 0 Å². The van der Waals surface area contributed by atoms with E-state index in [9.17, 15) is 4.79 Å². The smallest absolute Gasteiger partial charge is 0.185 e. The molecule has 18 heavy (non-hydrogen) atoms. The Kier molecular flexibility index (Phi) is 4.31. The third kappa shape index (κ3) is 3.57. The molecule has 0 N–H and O–H groups in total. The van der Waals surface area contributed by atoms with Crippen molar-refractivity contribution in [2.24, 2.45) is 0 Å². The van der Waals surface area contributed by atoms with Crippen LogP contribution >= 0.6 is 15.9 Å². The number of hydrogen-bond donors (Lipinski definition) is 0. The highest BCUT2D eigenvalue weighted by molar-refractivity contribution is 9.10. The molecule has 0 aliphatic rings. The number of allylic oxidation sites excluding steroid dienone is 3. The van der Waals surface area contributed by atoms with Crippen LogP contribution in [0.15, 0.2) is 69.8 Å². The average molecular weight is 303 g/mol. The highest BCUT2D eigenvalue weighted by Gasteiger charge is 1.99. The van der Waals surface area contributed by atoms with Gasteiger partial charge in [-0.15, -0.1) is 0 Å². The molecule has 0 bridgehead atoms. The monoisotopic (exact) mass is 302 g/mol. The van der Waals surface area contributed by atoms with E-state index < -0.39 is 0 Å². The highest BCUT2D eigenvalue weighted by atomic mass is 79.9. The Bertz CT molecular complexity index is 563. The zero-order valence-corrected chi connectivity index (χ0v) is 11.1. The maximum absolute atomic E-state index is 11.8. The average Bonchev–Trinajstić information content (AvgIpc) is 2.88. The quantitative estimate of drug-likeness (QED) is 0.473. The predicted molar refractivity (Wildman–Crippen MR) is 75.4 cm³/mol. The van der Waals surface area contributed by atoms with Gasteiger partial charge < -0.3 is 4.42 Å². The van der Waals surface area contributed by atoms with E-state index in [0.29, 0.717) is 5.56 Å². The topological polar surface area (TPSA) is 30.2 Å². The summed E-state index contributed by atoms with van der Waals surface area (Å²) in [7, 11) is 0. The normalized spacial score (nSPS) is 11.4. The molecule has 3 heteroatoms. The molecule has 0 saturated carbocycles. The fourth-order valence-corrected chi connectivity index (χ4v) is 1.65. The van der Waals surface area contributed by atoms with E-state index in [1.165, 1.54) is 6.08 Å². The number of ketones is 1. The van der Waals surface area contributed by atoms with Gasteiger partial charge in [0.2, 0.25) is 0 Å². The summed E-state index contributed by atoms with van der Waals surface area (Å²) in [5, 5.41) is 0. The lowest BCUT2D eigenvalue weighted by molar-refractivity contribution is 0.104. The van der Waals surface area contributed by atoms with Crippen LogP contribution in [-0.2, 0) is 0 Å². The van der Waals surface area contributed by atoms with E-state index in [0.717, 1.165) is 10.2 Å². The Hall–Kier alpha value is -1.87. The van der Waals surface area contributed by atoms with Crippen LogP contribution in [0, 0.1) is 0 Å². The summed E-state index contributed by atoms with van der Waals surface area (Å²) < 4.78 is 6.09. The van der Waals surface area contributed by atoms with Crippen LogP contribution in [-0.4, -0.2) is 5.78 Å². The van der Waals surface area contributed by atoms with Crippen molar-refractivity contribution in [1.82, 2.24) is 0 Å². The minimum atomic E-state index is -0.0217. The van der Waals surface area contributed by atoms with Crippen LogP contribution in [0.5, 0.6) is 0 Å². The van der Waals surface area contributed by atoms with Crippen LogP contribution in [0.2, 0.25) is 0 Å². The number of rotatable bonds is 4. The lowest BCUT2D eigenvalue weighted by Gasteiger charge is -1.94.